The number of hydrogen-bond donors (Lipinski definition) is 9. The molecular formula is C43H50N10O5S. The van der Waals surface area contributed by atoms with Gasteiger partial charge in [-0.1, -0.05) is 66.7 Å². The minimum atomic E-state index is -1.18. The molecule has 7 rings (SSSR count). The van der Waals surface area contributed by atoms with Crippen molar-refractivity contribution in [1.82, 2.24) is 31.6 Å². The highest BCUT2D eigenvalue weighted by Crippen LogP contribution is 2.55. The Morgan fingerprint density at radius 3 is 2.05 bits per heavy atom. The van der Waals surface area contributed by atoms with Gasteiger partial charge in [-0.05, 0) is 71.3 Å². The molecule has 1 aliphatic carbocycles. The Labute approximate surface area is 345 Å². The van der Waals surface area contributed by atoms with Crippen LogP contribution < -0.4 is 43.8 Å². The van der Waals surface area contributed by atoms with E-state index in [0.29, 0.717) is 13.0 Å². The number of nitrogens with zero attached hydrogens (tertiary/aromatic N) is 1. The van der Waals surface area contributed by atoms with Gasteiger partial charge in [-0.2, -0.15) is 0 Å². The lowest BCUT2D eigenvalue weighted by atomic mass is 9.99. The van der Waals surface area contributed by atoms with Crippen LogP contribution in [0.3, 0.4) is 0 Å². The maximum absolute atomic E-state index is 14.6. The van der Waals surface area contributed by atoms with Crippen LogP contribution in [0.4, 0.5) is 0 Å². The van der Waals surface area contributed by atoms with Crippen molar-refractivity contribution in [2.24, 2.45) is 33.5 Å². The lowest BCUT2D eigenvalue weighted by Crippen LogP contribution is -2.59. The van der Waals surface area contributed by atoms with Crippen molar-refractivity contribution in [3.63, 3.8) is 0 Å². The van der Waals surface area contributed by atoms with Crippen LogP contribution in [0.15, 0.2) is 95.4 Å². The summed E-state index contributed by atoms with van der Waals surface area (Å²) in [6.45, 7) is 1.52. The number of fused-ring (bicyclic) bond motifs is 3. The van der Waals surface area contributed by atoms with Crippen molar-refractivity contribution in [3.05, 3.63) is 107 Å². The fraction of sp³-hybridized carbons (Fsp3) is 0.349. The first-order valence-electron chi connectivity index (χ1n) is 19.8. The van der Waals surface area contributed by atoms with E-state index in [9.17, 15) is 24.0 Å². The maximum Gasteiger partial charge on any atom is 0.243 e. The predicted molar refractivity (Wildman–Crippen MR) is 228 cm³/mol. The number of primary amides is 1. The van der Waals surface area contributed by atoms with Gasteiger partial charge in [-0.3, -0.25) is 29.0 Å². The number of rotatable bonds is 19. The highest BCUT2D eigenvalue weighted by atomic mass is 32.1. The van der Waals surface area contributed by atoms with Crippen LogP contribution >= 0.6 is 11.3 Å². The summed E-state index contributed by atoms with van der Waals surface area (Å²) < 4.78 is 1.06. The van der Waals surface area contributed by atoms with Crippen LogP contribution in [0, 0.1) is 11.3 Å². The first-order chi connectivity index (χ1) is 28.5. The van der Waals surface area contributed by atoms with Crippen molar-refractivity contribution in [2.45, 2.75) is 62.7 Å². The van der Waals surface area contributed by atoms with E-state index in [1.165, 1.54) is 0 Å². The molecule has 0 spiro atoms. The van der Waals surface area contributed by atoms with Gasteiger partial charge < -0.3 is 48.8 Å². The van der Waals surface area contributed by atoms with E-state index in [-0.39, 0.29) is 50.0 Å². The molecule has 1 saturated heterocycles. The Kier molecular flexibility index (Phi) is 12.6. The molecule has 0 bridgehead atoms. The number of para-hydroxylation sites is 1. The van der Waals surface area contributed by atoms with Crippen molar-refractivity contribution >= 4 is 67.8 Å². The predicted octanol–water partition coefficient (Wildman–Crippen LogP) is 1.50. The van der Waals surface area contributed by atoms with E-state index < -0.39 is 53.2 Å². The fourth-order valence-corrected chi connectivity index (χ4v) is 8.99. The quantitative estimate of drug-likeness (QED) is 0.0335. The number of H-pyrrole nitrogens is 1. The van der Waals surface area contributed by atoms with Crippen molar-refractivity contribution < 1.29 is 24.0 Å². The van der Waals surface area contributed by atoms with Crippen LogP contribution in [0.1, 0.15) is 36.0 Å². The number of carbonyl (C=O) groups is 5. The van der Waals surface area contributed by atoms with Crippen LogP contribution in [0.5, 0.6) is 0 Å². The molecule has 3 heterocycles. The summed E-state index contributed by atoms with van der Waals surface area (Å²) >= 11 is 1.56. The molecule has 0 unspecified atom stereocenters. The van der Waals surface area contributed by atoms with Gasteiger partial charge in [0.25, 0.3) is 0 Å². The standard InChI is InChI=1S/C43H50N10O5S/c44-37(54)32(14-8-16-48-42(45)46)50-38(55)33(17-25-9-2-1-3-10-25)51-39(56)34(18-26-21-49-31-13-6-4-11-29(26)31)52-40(57)35(53-41(58)43-20-28(43)22-47-24-43)19-27-23-59-36-15-7-5-12-30(27)36/h1-7,9-13,15,21,23,28,32-35,47,49H,8,14,16-20,22,24H2,(H2,44,54)(H,50,55)(H,51,56)(H,52,57)(H,53,58)(H4,45,46,48)/t28-,32+,33-,34+,35+,43-/m0/s1. The molecular weight excluding hydrogens is 769 g/mol. The summed E-state index contributed by atoms with van der Waals surface area (Å²) in [5, 5.41) is 18.8. The number of amides is 5. The minimum Gasteiger partial charge on any atom is -0.370 e. The Hall–Kier alpha value is -6.26. The van der Waals surface area contributed by atoms with Gasteiger partial charge in [-0.25, -0.2) is 0 Å². The van der Waals surface area contributed by atoms with E-state index in [0.717, 1.165) is 50.6 Å². The van der Waals surface area contributed by atoms with Crippen LogP contribution in [-0.4, -0.2) is 84.3 Å². The summed E-state index contributed by atoms with van der Waals surface area (Å²) in [5.74, 6) is -2.63. The average Bonchev–Trinajstić information content (AvgIpc) is 3.51. The van der Waals surface area contributed by atoms with E-state index in [4.69, 9.17) is 17.2 Å². The number of thiophene rings is 1. The van der Waals surface area contributed by atoms with Crippen LogP contribution in [0.2, 0.25) is 0 Å². The fourth-order valence-electron chi connectivity index (χ4n) is 8.01. The molecule has 2 aromatic heterocycles. The maximum atomic E-state index is 14.6. The van der Waals surface area contributed by atoms with Gasteiger partial charge in [0.15, 0.2) is 5.96 Å². The number of aromatic amines is 1. The number of benzene rings is 3. The number of aliphatic imine (C=N–C) groups is 1. The van der Waals surface area contributed by atoms with Gasteiger partial charge in [-0.15, -0.1) is 11.3 Å². The molecule has 308 valence electrons. The molecule has 2 fully saturated rings. The first kappa shape index (κ1) is 40.9. The van der Waals surface area contributed by atoms with E-state index in [1.54, 1.807) is 17.5 Å². The molecule has 1 saturated carbocycles. The second-order valence-electron chi connectivity index (χ2n) is 15.5. The lowest BCUT2D eigenvalue weighted by molar-refractivity contribution is -0.135. The van der Waals surface area contributed by atoms with Crippen LogP contribution in [0.25, 0.3) is 21.0 Å². The molecule has 3 aromatic carbocycles. The molecule has 2 aliphatic rings. The number of piperidine rings is 1. The molecule has 5 aromatic rings. The van der Waals surface area contributed by atoms with Gasteiger partial charge in [0.1, 0.15) is 24.2 Å². The summed E-state index contributed by atoms with van der Waals surface area (Å²) in [6.07, 6.45) is 3.41. The number of carbonyl (C=O) groups excluding carboxylic acids is 5. The summed E-state index contributed by atoms with van der Waals surface area (Å²) in [7, 11) is 0. The molecule has 59 heavy (non-hydrogen) atoms. The summed E-state index contributed by atoms with van der Waals surface area (Å²) in [5.41, 5.74) is 19.3. The third-order valence-electron chi connectivity index (χ3n) is 11.4. The zero-order valence-electron chi connectivity index (χ0n) is 32.5. The van der Waals surface area contributed by atoms with E-state index >= 15 is 0 Å². The molecule has 6 atom stereocenters. The molecule has 12 N–H and O–H groups in total. The minimum absolute atomic E-state index is 0.0634. The first-order valence-corrected chi connectivity index (χ1v) is 20.7. The molecule has 0 radical (unpaired) electrons. The number of guanidine groups is 1. The van der Waals surface area contributed by atoms with Gasteiger partial charge >= 0.3 is 0 Å². The van der Waals surface area contributed by atoms with Crippen molar-refractivity contribution in [3.8, 4) is 0 Å². The summed E-state index contributed by atoms with van der Waals surface area (Å²) in [6, 6.07) is 20.2. The largest absolute Gasteiger partial charge is 0.370 e. The van der Waals surface area contributed by atoms with E-state index in [1.807, 2.05) is 84.2 Å². The zero-order valence-corrected chi connectivity index (χ0v) is 33.4. The monoisotopic (exact) mass is 818 g/mol. The number of aromatic nitrogens is 1. The molecule has 16 heteroatoms. The highest BCUT2D eigenvalue weighted by molar-refractivity contribution is 7.17. The Morgan fingerprint density at radius 1 is 0.746 bits per heavy atom. The Bertz CT molecular complexity index is 2360. The topological polar surface area (TPSA) is 252 Å². The smallest absolute Gasteiger partial charge is 0.243 e. The van der Waals surface area contributed by atoms with E-state index in [2.05, 4.69) is 36.6 Å². The number of nitrogens with one attached hydrogen (secondary N) is 6. The van der Waals surface area contributed by atoms with Gasteiger partial charge in [0.2, 0.25) is 29.5 Å². The summed E-state index contributed by atoms with van der Waals surface area (Å²) in [4.78, 5) is 76.7. The van der Waals surface area contributed by atoms with Gasteiger partial charge in [0, 0.05) is 54.2 Å². The van der Waals surface area contributed by atoms with Crippen LogP contribution in [-0.2, 0) is 43.2 Å². The highest BCUT2D eigenvalue weighted by Gasteiger charge is 2.62. The van der Waals surface area contributed by atoms with Crippen molar-refractivity contribution in [1.29, 1.82) is 0 Å². The molecule has 5 amide bonds. The second kappa shape index (κ2) is 18.1. The number of hydrogen-bond acceptors (Lipinski definition) is 8. The SMILES string of the molecule is NC(=O)[C@@H](CCCN=C(N)N)NC(=O)[C@H](Cc1ccccc1)NC(=O)[C@@H](Cc1c[nH]c2ccccc12)NC(=O)[C@@H](Cc1csc2ccccc12)NC(=O)[C@@]12CNC[C@@H]1C2. The van der Waals surface area contributed by atoms with Gasteiger partial charge in [0.05, 0.1) is 5.41 Å². The third kappa shape index (κ3) is 9.72. The Balaban J connectivity index is 1.16. The average molecular weight is 819 g/mol. The Morgan fingerprint density at radius 2 is 1.37 bits per heavy atom. The third-order valence-corrected chi connectivity index (χ3v) is 12.4. The normalized spacial score (nSPS) is 18.8. The van der Waals surface area contributed by atoms with Crippen molar-refractivity contribution in [2.75, 3.05) is 19.6 Å². The second-order valence-corrected chi connectivity index (χ2v) is 16.4. The lowest BCUT2D eigenvalue weighted by Gasteiger charge is -2.27. The zero-order chi connectivity index (χ0) is 41.5. The molecule has 1 aliphatic heterocycles. The molecule has 15 nitrogen and oxygen atoms in total. The number of nitrogens with two attached hydrogens (primary N) is 3.